The van der Waals surface area contributed by atoms with E-state index in [-0.39, 0.29) is 18.8 Å². The van der Waals surface area contributed by atoms with Crippen LogP contribution in [0.1, 0.15) is 24.6 Å². The molecule has 0 radical (unpaired) electrons. The Morgan fingerprint density at radius 3 is 2.55 bits per heavy atom. The molecule has 0 bridgehead atoms. The standard InChI is InChI=1S/C13H21N3O4/c1-5-14-10(6-12(18)19)11(17)7-20-13-8(2)9(3)15-16(13)4/h10,14H,5-7H2,1-4H3,(H,18,19). The van der Waals surface area contributed by atoms with Crippen molar-refractivity contribution in [2.45, 2.75) is 33.2 Å². The lowest BCUT2D eigenvalue weighted by Crippen LogP contribution is -2.41. The molecule has 1 rings (SSSR count). The van der Waals surface area contributed by atoms with E-state index in [2.05, 4.69) is 10.4 Å². The number of aliphatic carboxylic acids is 1. The van der Waals surface area contributed by atoms with Crippen molar-refractivity contribution in [2.75, 3.05) is 13.2 Å². The molecule has 1 aromatic heterocycles. The highest BCUT2D eigenvalue weighted by Crippen LogP contribution is 2.19. The van der Waals surface area contributed by atoms with Gasteiger partial charge in [0, 0.05) is 12.6 Å². The van der Waals surface area contributed by atoms with Crippen LogP contribution in [-0.4, -0.2) is 45.8 Å². The average Bonchev–Trinajstić information content (AvgIpc) is 2.60. The molecule has 2 N–H and O–H groups in total. The second-order valence-corrected chi connectivity index (χ2v) is 4.60. The van der Waals surface area contributed by atoms with Gasteiger partial charge in [0.1, 0.15) is 6.61 Å². The predicted octanol–water partition coefficient (Wildman–Crippen LogP) is 0.438. The largest absolute Gasteiger partial charge is 0.481 e. The van der Waals surface area contributed by atoms with E-state index in [0.717, 1.165) is 11.3 Å². The summed E-state index contributed by atoms with van der Waals surface area (Å²) in [5.41, 5.74) is 1.71. The van der Waals surface area contributed by atoms with Crippen LogP contribution < -0.4 is 10.1 Å². The van der Waals surface area contributed by atoms with Crippen LogP contribution in [0.25, 0.3) is 0 Å². The first kappa shape index (κ1) is 16.2. The van der Waals surface area contributed by atoms with Crippen LogP contribution in [0, 0.1) is 13.8 Å². The lowest BCUT2D eigenvalue weighted by molar-refractivity contribution is -0.139. The number of ether oxygens (including phenoxy) is 1. The summed E-state index contributed by atoms with van der Waals surface area (Å²) in [4.78, 5) is 22.7. The van der Waals surface area contributed by atoms with Gasteiger partial charge in [-0.15, -0.1) is 0 Å². The average molecular weight is 283 g/mol. The Balaban J connectivity index is 2.67. The number of hydrogen-bond acceptors (Lipinski definition) is 5. The van der Waals surface area contributed by atoms with Gasteiger partial charge in [0.15, 0.2) is 5.78 Å². The highest BCUT2D eigenvalue weighted by atomic mass is 16.5. The van der Waals surface area contributed by atoms with E-state index in [9.17, 15) is 9.59 Å². The van der Waals surface area contributed by atoms with Crippen molar-refractivity contribution in [2.24, 2.45) is 7.05 Å². The fraction of sp³-hybridized carbons (Fsp3) is 0.615. The Morgan fingerprint density at radius 1 is 1.45 bits per heavy atom. The molecular weight excluding hydrogens is 262 g/mol. The van der Waals surface area contributed by atoms with Gasteiger partial charge in [0.05, 0.1) is 18.2 Å². The molecule has 7 nitrogen and oxygen atoms in total. The van der Waals surface area contributed by atoms with Crippen LogP contribution in [0.5, 0.6) is 5.88 Å². The number of carbonyl (C=O) groups excluding carboxylic acids is 1. The van der Waals surface area contributed by atoms with E-state index >= 15 is 0 Å². The SMILES string of the molecule is CCNC(CC(=O)O)C(=O)COc1c(C)c(C)nn1C. The molecule has 0 aliphatic heterocycles. The Labute approximate surface area is 117 Å². The molecule has 1 heterocycles. The maximum Gasteiger partial charge on any atom is 0.305 e. The molecule has 1 unspecified atom stereocenters. The summed E-state index contributed by atoms with van der Waals surface area (Å²) in [5.74, 6) is -0.772. The minimum Gasteiger partial charge on any atom is -0.481 e. The van der Waals surface area contributed by atoms with E-state index < -0.39 is 12.0 Å². The number of nitrogens with zero attached hydrogens (tertiary/aromatic N) is 2. The topological polar surface area (TPSA) is 93.5 Å². The van der Waals surface area contributed by atoms with Gasteiger partial charge < -0.3 is 15.2 Å². The summed E-state index contributed by atoms with van der Waals surface area (Å²) >= 11 is 0. The number of carboxylic acid groups (broad SMARTS) is 1. The summed E-state index contributed by atoms with van der Waals surface area (Å²) < 4.78 is 7.04. The van der Waals surface area contributed by atoms with E-state index in [0.29, 0.717) is 12.4 Å². The number of carboxylic acids is 1. The quantitative estimate of drug-likeness (QED) is 0.719. The molecule has 1 atom stereocenters. The first-order valence-corrected chi connectivity index (χ1v) is 6.47. The zero-order valence-electron chi connectivity index (χ0n) is 12.3. The Morgan fingerprint density at radius 2 is 2.10 bits per heavy atom. The Kier molecular flexibility index (Phi) is 5.69. The zero-order valence-corrected chi connectivity index (χ0v) is 12.3. The number of aromatic nitrogens is 2. The summed E-state index contributed by atoms with van der Waals surface area (Å²) in [6.07, 6.45) is -0.251. The molecular formula is C13H21N3O4. The first-order chi connectivity index (χ1) is 9.36. The van der Waals surface area contributed by atoms with E-state index in [1.807, 2.05) is 20.8 Å². The van der Waals surface area contributed by atoms with E-state index in [1.165, 1.54) is 0 Å². The van der Waals surface area contributed by atoms with Crippen LogP contribution in [0.15, 0.2) is 0 Å². The molecule has 20 heavy (non-hydrogen) atoms. The molecule has 0 aliphatic rings. The zero-order chi connectivity index (χ0) is 15.3. The number of aryl methyl sites for hydroxylation is 2. The van der Waals surface area contributed by atoms with Crippen molar-refractivity contribution in [1.82, 2.24) is 15.1 Å². The van der Waals surface area contributed by atoms with Crippen LogP contribution in [-0.2, 0) is 16.6 Å². The molecule has 1 aromatic rings. The number of nitrogens with one attached hydrogen (secondary N) is 1. The highest BCUT2D eigenvalue weighted by molar-refractivity contribution is 5.89. The Hall–Kier alpha value is -1.89. The number of ketones is 1. The second-order valence-electron chi connectivity index (χ2n) is 4.60. The molecule has 7 heteroatoms. The number of Topliss-reactive ketones (excluding diaryl/α,β-unsaturated/α-hetero) is 1. The molecule has 0 amide bonds. The van der Waals surface area contributed by atoms with E-state index in [4.69, 9.17) is 9.84 Å². The van der Waals surface area contributed by atoms with Crippen molar-refractivity contribution in [3.05, 3.63) is 11.3 Å². The molecule has 112 valence electrons. The Bertz CT molecular complexity index is 496. The third kappa shape index (κ3) is 4.06. The number of carbonyl (C=O) groups is 2. The van der Waals surface area contributed by atoms with Crippen molar-refractivity contribution < 1.29 is 19.4 Å². The number of likely N-dealkylation sites (N-methyl/N-ethyl adjacent to an activating group) is 1. The van der Waals surface area contributed by atoms with Gasteiger partial charge in [-0.25, -0.2) is 4.68 Å². The third-order valence-electron chi connectivity index (χ3n) is 3.03. The molecule has 0 fully saturated rings. The minimum absolute atomic E-state index is 0.176. The second kappa shape index (κ2) is 7.04. The summed E-state index contributed by atoms with van der Waals surface area (Å²) in [5, 5.41) is 15.8. The van der Waals surface area contributed by atoms with Crippen LogP contribution >= 0.6 is 0 Å². The fourth-order valence-corrected chi connectivity index (χ4v) is 1.91. The molecule has 0 aliphatic carbocycles. The summed E-state index contributed by atoms with van der Waals surface area (Å²) in [7, 11) is 1.73. The van der Waals surface area contributed by atoms with Gasteiger partial charge in [0.2, 0.25) is 5.88 Å². The van der Waals surface area contributed by atoms with Crippen molar-refractivity contribution in [3.63, 3.8) is 0 Å². The van der Waals surface area contributed by atoms with Gasteiger partial charge in [-0.1, -0.05) is 6.92 Å². The summed E-state index contributed by atoms with van der Waals surface area (Å²) in [6.45, 7) is 5.88. The lowest BCUT2D eigenvalue weighted by Gasteiger charge is -2.15. The maximum atomic E-state index is 12.0. The van der Waals surface area contributed by atoms with Crippen LogP contribution in [0.3, 0.4) is 0 Å². The van der Waals surface area contributed by atoms with Crippen molar-refractivity contribution in [1.29, 1.82) is 0 Å². The number of rotatable bonds is 8. The predicted molar refractivity (Wildman–Crippen MR) is 72.9 cm³/mol. The molecule has 0 aromatic carbocycles. The molecule has 0 saturated carbocycles. The monoisotopic (exact) mass is 283 g/mol. The third-order valence-corrected chi connectivity index (χ3v) is 3.03. The van der Waals surface area contributed by atoms with Gasteiger partial charge in [0.25, 0.3) is 0 Å². The van der Waals surface area contributed by atoms with Gasteiger partial charge in [-0.3, -0.25) is 9.59 Å². The van der Waals surface area contributed by atoms with E-state index in [1.54, 1.807) is 11.7 Å². The molecule has 0 saturated heterocycles. The first-order valence-electron chi connectivity index (χ1n) is 6.47. The van der Waals surface area contributed by atoms with Gasteiger partial charge in [-0.05, 0) is 20.4 Å². The summed E-state index contributed by atoms with van der Waals surface area (Å²) in [6, 6.07) is -0.730. The van der Waals surface area contributed by atoms with Crippen LogP contribution in [0.4, 0.5) is 0 Å². The highest BCUT2D eigenvalue weighted by Gasteiger charge is 2.22. The van der Waals surface area contributed by atoms with Crippen molar-refractivity contribution in [3.8, 4) is 5.88 Å². The number of hydrogen-bond donors (Lipinski definition) is 2. The fourth-order valence-electron chi connectivity index (χ4n) is 1.91. The van der Waals surface area contributed by atoms with Gasteiger partial charge in [-0.2, -0.15) is 5.10 Å². The smallest absolute Gasteiger partial charge is 0.305 e. The maximum absolute atomic E-state index is 12.0. The lowest BCUT2D eigenvalue weighted by atomic mass is 10.1. The minimum atomic E-state index is -1.02. The van der Waals surface area contributed by atoms with Crippen LogP contribution in [0.2, 0.25) is 0 Å². The molecule has 0 spiro atoms. The van der Waals surface area contributed by atoms with Gasteiger partial charge >= 0.3 is 5.97 Å². The van der Waals surface area contributed by atoms with Crippen molar-refractivity contribution >= 4 is 11.8 Å². The normalized spacial score (nSPS) is 12.2.